The number of methoxy groups -OCH3 is 2. The lowest BCUT2D eigenvalue weighted by Crippen LogP contribution is -2.49. The second-order valence-electron chi connectivity index (χ2n) is 9.08. The van der Waals surface area contributed by atoms with Crippen molar-refractivity contribution in [3.05, 3.63) is 83.8 Å². The molecule has 4 aromatic rings. The minimum atomic E-state index is -0.207. The minimum absolute atomic E-state index is 0.207. The molecule has 2 N–H and O–H groups in total. The summed E-state index contributed by atoms with van der Waals surface area (Å²) >= 11 is 0. The summed E-state index contributed by atoms with van der Waals surface area (Å²) in [6, 6.07) is 15.7. The number of nitrogens with zero attached hydrogens (tertiary/aromatic N) is 4. The molecule has 2 aromatic heterocycles. The van der Waals surface area contributed by atoms with Crippen LogP contribution in [0.25, 0.3) is 5.82 Å². The highest BCUT2D eigenvalue weighted by Gasteiger charge is 2.24. The van der Waals surface area contributed by atoms with Crippen molar-refractivity contribution in [3.8, 4) is 23.1 Å². The van der Waals surface area contributed by atoms with Crippen molar-refractivity contribution in [1.29, 1.82) is 0 Å². The minimum Gasteiger partial charge on any atom is -0.493 e. The molecule has 0 spiro atoms. The van der Waals surface area contributed by atoms with Crippen LogP contribution in [0.5, 0.6) is 17.2 Å². The number of likely N-dealkylation sites (tertiary alicyclic amines) is 1. The SMILES string of the molecule is COc1cc(Nc2ncc(C)c(-n3ccc(CN4CC(O)C4)c3)n2)cc(OC)c1OCc1ccccc1. The summed E-state index contributed by atoms with van der Waals surface area (Å²) < 4.78 is 19.3. The maximum Gasteiger partial charge on any atom is 0.229 e. The fourth-order valence-electron chi connectivity index (χ4n) is 4.30. The maximum absolute atomic E-state index is 9.53. The van der Waals surface area contributed by atoms with Gasteiger partial charge in [0.25, 0.3) is 0 Å². The molecule has 1 saturated heterocycles. The second kappa shape index (κ2) is 10.9. The van der Waals surface area contributed by atoms with E-state index < -0.39 is 0 Å². The van der Waals surface area contributed by atoms with Crippen molar-refractivity contribution in [3.63, 3.8) is 0 Å². The van der Waals surface area contributed by atoms with Gasteiger partial charge in [0.2, 0.25) is 11.7 Å². The van der Waals surface area contributed by atoms with Crippen LogP contribution in [-0.4, -0.2) is 58.0 Å². The Kier molecular flexibility index (Phi) is 7.25. The van der Waals surface area contributed by atoms with Crippen LogP contribution >= 0.6 is 0 Å². The van der Waals surface area contributed by atoms with E-state index in [1.54, 1.807) is 20.4 Å². The van der Waals surface area contributed by atoms with Gasteiger partial charge in [-0.25, -0.2) is 4.98 Å². The van der Waals surface area contributed by atoms with Crippen LogP contribution in [0.4, 0.5) is 11.6 Å². The molecule has 1 aliphatic rings. The van der Waals surface area contributed by atoms with Gasteiger partial charge in [-0.2, -0.15) is 4.98 Å². The predicted molar refractivity (Wildman–Crippen MR) is 141 cm³/mol. The number of aromatic nitrogens is 3. The lowest BCUT2D eigenvalue weighted by atomic mass is 10.1. The van der Waals surface area contributed by atoms with Crippen LogP contribution in [-0.2, 0) is 13.2 Å². The number of anilines is 2. The molecule has 9 nitrogen and oxygen atoms in total. The molecule has 9 heteroatoms. The van der Waals surface area contributed by atoms with E-state index in [-0.39, 0.29) is 6.10 Å². The first-order valence-corrected chi connectivity index (χ1v) is 12.1. The van der Waals surface area contributed by atoms with Gasteiger partial charge >= 0.3 is 0 Å². The van der Waals surface area contributed by atoms with Crippen molar-refractivity contribution in [2.24, 2.45) is 0 Å². The fourth-order valence-corrected chi connectivity index (χ4v) is 4.30. The van der Waals surface area contributed by atoms with Gasteiger partial charge in [0, 0.05) is 61.6 Å². The van der Waals surface area contributed by atoms with Crippen molar-refractivity contribution in [2.75, 3.05) is 32.6 Å². The number of aryl methyl sites for hydroxylation is 1. The number of nitrogens with one attached hydrogen (secondary N) is 1. The molecule has 5 rings (SSSR count). The highest BCUT2D eigenvalue weighted by atomic mass is 16.5. The summed E-state index contributed by atoms with van der Waals surface area (Å²) in [5.74, 6) is 2.84. The van der Waals surface area contributed by atoms with Crippen LogP contribution in [0.3, 0.4) is 0 Å². The van der Waals surface area contributed by atoms with E-state index in [0.717, 1.165) is 36.6 Å². The Morgan fingerprint density at radius 3 is 2.43 bits per heavy atom. The van der Waals surface area contributed by atoms with Crippen LogP contribution in [0.2, 0.25) is 0 Å². The van der Waals surface area contributed by atoms with E-state index in [4.69, 9.17) is 19.2 Å². The first-order valence-electron chi connectivity index (χ1n) is 12.1. The lowest BCUT2D eigenvalue weighted by Gasteiger charge is -2.35. The highest BCUT2D eigenvalue weighted by Crippen LogP contribution is 2.41. The third kappa shape index (κ3) is 5.68. The van der Waals surface area contributed by atoms with Gasteiger partial charge < -0.3 is 29.2 Å². The third-order valence-corrected chi connectivity index (χ3v) is 6.23. The normalized spacial score (nSPS) is 13.7. The summed E-state index contributed by atoms with van der Waals surface area (Å²) in [4.78, 5) is 11.4. The number of aliphatic hydroxyl groups excluding tert-OH is 1. The standard InChI is InChI=1S/C28H31N5O4/c1-19-13-29-28(31-27(19)33-10-9-21(15-33)14-32-16-23(34)17-32)30-22-11-24(35-2)26(25(12-22)36-3)37-18-20-7-5-4-6-8-20/h4-13,15,23,34H,14,16-18H2,1-3H3,(H,29,30,31). The van der Waals surface area contributed by atoms with Crippen LogP contribution in [0, 0.1) is 6.92 Å². The summed E-state index contributed by atoms with van der Waals surface area (Å²) in [6.45, 7) is 4.61. The molecule has 192 valence electrons. The van der Waals surface area contributed by atoms with E-state index in [9.17, 15) is 5.11 Å². The molecule has 0 unspecified atom stereocenters. The van der Waals surface area contributed by atoms with Crippen molar-refractivity contribution in [2.45, 2.75) is 26.2 Å². The summed E-state index contributed by atoms with van der Waals surface area (Å²) in [5, 5.41) is 12.8. The van der Waals surface area contributed by atoms with Gasteiger partial charge in [-0.05, 0) is 24.1 Å². The molecule has 0 atom stereocenters. The number of hydrogen-bond acceptors (Lipinski definition) is 8. The predicted octanol–water partition coefficient (Wildman–Crippen LogP) is 4.09. The molecule has 37 heavy (non-hydrogen) atoms. The second-order valence-corrected chi connectivity index (χ2v) is 9.08. The Hall–Kier alpha value is -4.08. The van der Waals surface area contributed by atoms with Crippen LogP contribution in [0.1, 0.15) is 16.7 Å². The molecule has 0 bridgehead atoms. The summed E-state index contributed by atoms with van der Waals surface area (Å²) in [6.07, 6.45) is 5.65. The largest absolute Gasteiger partial charge is 0.493 e. The lowest BCUT2D eigenvalue weighted by molar-refractivity contribution is -0.00285. The average molecular weight is 502 g/mol. The first kappa shape index (κ1) is 24.6. The molecule has 0 amide bonds. The van der Waals surface area contributed by atoms with E-state index in [1.165, 1.54) is 5.56 Å². The Labute approximate surface area is 216 Å². The zero-order valence-electron chi connectivity index (χ0n) is 21.2. The van der Waals surface area contributed by atoms with Gasteiger partial charge in [0.1, 0.15) is 12.4 Å². The number of hydrogen-bond donors (Lipinski definition) is 2. The van der Waals surface area contributed by atoms with Crippen molar-refractivity contribution >= 4 is 11.6 Å². The number of β-amino-alcohol motifs (C(OH)–C–C–N with tert-alkyl or cyclic N) is 1. The van der Waals surface area contributed by atoms with E-state index in [0.29, 0.717) is 35.5 Å². The molecular weight excluding hydrogens is 470 g/mol. The Balaban J connectivity index is 1.34. The fraction of sp³-hybridized carbons (Fsp3) is 0.286. The quantitative estimate of drug-likeness (QED) is 0.336. The number of benzene rings is 2. The van der Waals surface area contributed by atoms with Gasteiger partial charge in [-0.15, -0.1) is 0 Å². The maximum atomic E-state index is 9.53. The van der Waals surface area contributed by atoms with E-state index in [1.807, 2.05) is 60.2 Å². The molecule has 0 saturated carbocycles. The monoisotopic (exact) mass is 501 g/mol. The Morgan fingerprint density at radius 1 is 1.03 bits per heavy atom. The van der Waals surface area contributed by atoms with Crippen LogP contribution < -0.4 is 19.5 Å². The van der Waals surface area contributed by atoms with Gasteiger partial charge in [-0.3, -0.25) is 4.90 Å². The molecule has 0 aliphatic carbocycles. The zero-order chi connectivity index (χ0) is 25.8. The van der Waals surface area contributed by atoms with Crippen molar-refractivity contribution < 1.29 is 19.3 Å². The van der Waals surface area contributed by atoms with Gasteiger partial charge in [0.05, 0.1) is 20.3 Å². The third-order valence-electron chi connectivity index (χ3n) is 6.23. The number of rotatable bonds is 10. The molecular formula is C28H31N5O4. The van der Waals surface area contributed by atoms with Crippen molar-refractivity contribution in [1.82, 2.24) is 19.4 Å². The average Bonchev–Trinajstić information content (AvgIpc) is 3.36. The molecule has 1 aliphatic heterocycles. The van der Waals surface area contributed by atoms with E-state index >= 15 is 0 Å². The molecule has 3 heterocycles. The summed E-state index contributed by atoms with van der Waals surface area (Å²) in [5.41, 5.74) is 3.87. The molecule has 1 fully saturated rings. The van der Waals surface area contributed by atoms with E-state index in [2.05, 4.69) is 27.5 Å². The smallest absolute Gasteiger partial charge is 0.229 e. The number of aliphatic hydroxyl groups is 1. The first-order chi connectivity index (χ1) is 18.0. The van der Waals surface area contributed by atoms with Gasteiger partial charge in [-0.1, -0.05) is 30.3 Å². The topological polar surface area (TPSA) is 93.9 Å². The highest BCUT2D eigenvalue weighted by molar-refractivity contribution is 5.66. The van der Waals surface area contributed by atoms with Gasteiger partial charge in [0.15, 0.2) is 11.5 Å². The molecule has 2 aromatic carbocycles. The Morgan fingerprint density at radius 2 is 1.76 bits per heavy atom. The zero-order valence-corrected chi connectivity index (χ0v) is 21.2. The van der Waals surface area contributed by atoms with Crippen LogP contribution in [0.15, 0.2) is 67.1 Å². The molecule has 0 radical (unpaired) electrons. The number of ether oxygens (including phenoxy) is 3. The summed E-state index contributed by atoms with van der Waals surface area (Å²) in [7, 11) is 3.19. The Bertz CT molecular complexity index is 1330.